The number of amides is 2. The molecule has 1 heterocycles. The van der Waals surface area contributed by atoms with Gasteiger partial charge in [0.15, 0.2) is 11.4 Å². The second-order valence-electron chi connectivity index (χ2n) is 8.95. The maximum absolute atomic E-state index is 12.9. The van der Waals surface area contributed by atoms with Crippen LogP contribution in [0.1, 0.15) is 55.8 Å². The lowest BCUT2D eigenvalue weighted by atomic mass is 9.68. The Hall–Kier alpha value is -3.16. The van der Waals surface area contributed by atoms with Gasteiger partial charge in [0.25, 0.3) is 5.91 Å². The summed E-state index contributed by atoms with van der Waals surface area (Å²) in [6, 6.07) is 9.83. The lowest BCUT2D eigenvalue weighted by molar-refractivity contribution is -0.183. The molecule has 0 spiro atoms. The number of rotatable bonds is 6. The summed E-state index contributed by atoms with van der Waals surface area (Å²) in [6.07, 6.45) is 2.75. The van der Waals surface area contributed by atoms with Crippen molar-refractivity contribution in [2.75, 3.05) is 5.32 Å². The molecule has 164 valence electrons. The molecule has 8 heteroatoms. The topological polar surface area (TPSA) is 127 Å². The molecule has 2 aliphatic rings. The summed E-state index contributed by atoms with van der Waals surface area (Å²) in [5.74, 6) is -1.15. The zero-order chi connectivity index (χ0) is 22.2. The first-order chi connectivity index (χ1) is 14.8. The molecule has 0 saturated heterocycles. The highest BCUT2D eigenvalue weighted by atomic mass is 16.6. The molecular formula is C23H28N4O4. The molecule has 4 rings (SSSR count). The van der Waals surface area contributed by atoms with E-state index in [9.17, 15) is 14.4 Å². The number of carbonyl (C=O) groups excluding carboxylic acids is 3. The molecule has 31 heavy (non-hydrogen) atoms. The maximum Gasteiger partial charge on any atom is 0.310 e. The number of nitrogens with zero attached hydrogens (tertiary/aromatic N) is 1. The number of ether oxygens (including phenoxy) is 1. The Morgan fingerprint density at radius 2 is 1.94 bits per heavy atom. The van der Waals surface area contributed by atoms with Crippen LogP contribution < -0.4 is 11.1 Å². The first-order valence-corrected chi connectivity index (χ1v) is 10.7. The highest BCUT2D eigenvalue weighted by Gasteiger charge is 2.54. The fourth-order valence-corrected chi connectivity index (χ4v) is 4.35. The molecule has 0 aliphatic heterocycles. The highest BCUT2D eigenvalue weighted by Crippen LogP contribution is 2.47. The van der Waals surface area contributed by atoms with E-state index < -0.39 is 11.5 Å². The Labute approximate surface area is 180 Å². The minimum atomic E-state index is -1.29. The number of aromatic nitrogens is 2. The van der Waals surface area contributed by atoms with E-state index in [2.05, 4.69) is 21.6 Å². The third-order valence-electron chi connectivity index (χ3n) is 6.39. The number of aromatic amines is 1. The van der Waals surface area contributed by atoms with Crippen molar-refractivity contribution in [3.8, 4) is 0 Å². The smallest absolute Gasteiger partial charge is 0.310 e. The number of carbonyl (C=O) groups is 3. The molecule has 2 amide bonds. The Morgan fingerprint density at radius 1 is 1.23 bits per heavy atom. The van der Waals surface area contributed by atoms with Gasteiger partial charge in [0.05, 0.1) is 5.92 Å². The van der Waals surface area contributed by atoms with Gasteiger partial charge in [-0.3, -0.25) is 19.5 Å². The predicted molar refractivity (Wildman–Crippen MR) is 114 cm³/mol. The van der Waals surface area contributed by atoms with Crippen LogP contribution in [-0.4, -0.2) is 33.6 Å². The molecule has 1 fully saturated rings. The molecule has 1 atom stereocenters. The van der Waals surface area contributed by atoms with Gasteiger partial charge in [-0.25, -0.2) is 0 Å². The van der Waals surface area contributed by atoms with Crippen LogP contribution in [0.3, 0.4) is 0 Å². The van der Waals surface area contributed by atoms with Crippen molar-refractivity contribution in [3.05, 3.63) is 47.2 Å². The van der Waals surface area contributed by atoms with Crippen LogP contribution in [0.15, 0.2) is 30.3 Å². The maximum atomic E-state index is 12.9. The second-order valence-corrected chi connectivity index (χ2v) is 8.95. The molecule has 2 aliphatic carbocycles. The van der Waals surface area contributed by atoms with Crippen molar-refractivity contribution in [2.45, 2.75) is 57.5 Å². The number of nitrogens with one attached hydrogen (secondary N) is 2. The van der Waals surface area contributed by atoms with Crippen molar-refractivity contribution in [3.63, 3.8) is 0 Å². The van der Waals surface area contributed by atoms with E-state index in [-0.39, 0.29) is 29.6 Å². The quantitative estimate of drug-likeness (QED) is 0.614. The minimum Gasteiger partial charge on any atom is -0.449 e. The number of nitrogens with two attached hydrogens (primary N) is 1. The number of hydrogen-bond acceptors (Lipinski definition) is 5. The monoisotopic (exact) mass is 424 g/mol. The van der Waals surface area contributed by atoms with Gasteiger partial charge in [-0.1, -0.05) is 38.1 Å². The first kappa shape index (κ1) is 21.1. The van der Waals surface area contributed by atoms with E-state index in [0.29, 0.717) is 31.5 Å². The van der Waals surface area contributed by atoms with Crippen molar-refractivity contribution in [2.24, 2.45) is 17.6 Å². The van der Waals surface area contributed by atoms with Gasteiger partial charge in [0, 0.05) is 36.4 Å². The fourth-order valence-electron chi connectivity index (χ4n) is 4.35. The Kier molecular flexibility index (Phi) is 5.56. The average Bonchev–Trinajstić information content (AvgIpc) is 3.17. The van der Waals surface area contributed by atoms with Gasteiger partial charge in [-0.2, -0.15) is 5.10 Å². The third-order valence-corrected chi connectivity index (χ3v) is 6.39. The largest absolute Gasteiger partial charge is 0.449 e. The highest BCUT2D eigenvalue weighted by molar-refractivity contribution is 5.91. The SMILES string of the molecule is CC(C)C(=O)Nc1cc(C2CC(OC(=O)C3CCc4ccccc4C3)(C(N)=O)C2)[nH]n1. The first-order valence-electron chi connectivity index (χ1n) is 10.7. The van der Waals surface area contributed by atoms with Gasteiger partial charge in [-0.05, 0) is 30.4 Å². The fraction of sp³-hybridized carbons (Fsp3) is 0.478. The van der Waals surface area contributed by atoms with Crippen LogP contribution >= 0.6 is 0 Å². The van der Waals surface area contributed by atoms with Gasteiger partial charge in [-0.15, -0.1) is 0 Å². The average molecular weight is 425 g/mol. The summed E-state index contributed by atoms with van der Waals surface area (Å²) in [4.78, 5) is 36.9. The summed E-state index contributed by atoms with van der Waals surface area (Å²) in [5.41, 5.74) is 7.54. The molecular weight excluding hydrogens is 396 g/mol. The number of aryl methyl sites for hydroxylation is 1. The number of benzene rings is 1. The Morgan fingerprint density at radius 3 is 2.61 bits per heavy atom. The lowest BCUT2D eigenvalue weighted by Gasteiger charge is -2.44. The number of fused-ring (bicyclic) bond motifs is 1. The summed E-state index contributed by atoms with van der Waals surface area (Å²) >= 11 is 0. The summed E-state index contributed by atoms with van der Waals surface area (Å²) in [6.45, 7) is 3.60. The Bertz CT molecular complexity index is 1010. The van der Waals surface area contributed by atoms with Gasteiger partial charge >= 0.3 is 5.97 Å². The molecule has 8 nitrogen and oxygen atoms in total. The van der Waals surface area contributed by atoms with Crippen LogP contribution in [0.4, 0.5) is 5.82 Å². The van der Waals surface area contributed by atoms with Crippen molar-refractivity contribution >= 4 is 23.6 Å². The van der Waals surface area contributed by atoms with Gasteiger partial charge in [0.1, 0.15) is 0 Å². The molecule has 1 aromatic heterocycles. The molecule has 1 unspecified atom stereocenters. The number of anilines is 1. The number of primary amides is 1. The van der Waals surface area contributed by atoms with E-state index in [4.69, 9.17) is 10.5 Å². The van der Waals surface area contributed by atoms with E-state index in [1.807, 2.05) is 18.2 Å². The summed E-state index contributed by atoms with van der Waals surface area (Å²) in [5, 5.41) is 9.74. The normalized spacial score (nSPS) is 24.7. The van der Waals surface area contributed by atoms with E-state index in [1.54, 1.807) is 19.9 Å². The lowest BCUT2D eigenvalue weighted by Crippen LogP contribution is -2.56. The van der Waals surface area contributed by atoms with Crippen molar-refractivity contribution in [1.82, 2.24) is 10.2 Å². The minimum absolute atomic E-state index is 0.0513. The molecule has 1 aromatic carbocycles. The van der Waals surface area contributed by atoms with Gasteiger partial charge < -0.3 is 15.8 Å². The Balaban J connectivity index is 1.38. The zero-order valence-corrected chi connectivity index (χ0v) is 17.8. The van der Waals surface area contributed by atoms with Crippen molar-refractivity contribution < 1.29 is 19.1 Å². The second kappa shape index (κ2) is 8.17. The molecule has 4 N–H and O–H groups in total. The third kappa shape index (κ3) is 4.19. The molecule has 0 radical (unpaired) electrons. The summed E-state index contributed by atoms with van der Waals surface area (Å²) in [7, 11) is 0. The number of H-pyrrole nitrogens is 1. The van der Waals surface area contributed by atoms with E-state index in [1.165, 1.54) is 5.56 Å². The molecule has 0 bridgehead atoms. The van der Waals surface area contributed by atoms with E-state index in [0.717, 1.165) is 17.7 Å². The van der Waals surface area contributed by atoms with Crippen LogP contribution in [0.25, 0.3) is 0 Å². The van der Waals surface area contributed by atoms with Crippen LogP contribution in [-0.2, 0) is 32.0 Å². The predicted octanol–water partition coefficient (Wildman–Crippen LogP) is 2.45. The van der Waals surface area contributed by atoms with Gasteiger partial charge in [0.2, 0.25) is 5.91 Å². The molecule has 1 saturated carbocycles. The van der Waals surface area contributed by atoms with Crippen molar-refractivity contribution in [1.29, 1.82) is 0 Å². The number of hydrogen-bond donors (Lipinski definition) is 3. The zero-order valence-electron chi connectivity index (χ0n) is 17.8. The van der Waals surface area contributed by atoms with E-state index >= 15 is 0 Å². The molecule has 2 aromatic rings. The van der Waals surface area contributed by atoms with Crippen LogP contribution in [0.2, 0.25) is 0 Å². The summed E-state index contributed by atoms with van der Waals surface area (Å²) < 4.78 is 5.73. The number of esters is 1. The standard InChI is InChI=1S/C23H28N4O4/c1-13(2)20(28)25-19-10-18(26-27-19)17-11-23(12-17,22(24)30)31-21(29)16-8-7-14-5-3-4-6-15(14)9-16/h3-6,10,13,16-17H,7-9,11-12H2,1-2H3,(H2,24,30)(H2,25,26,27,28). The van der Waals surface area contributed by atoms with Crippen LogP contribution in [0, 0.1) is 11.8 Å². The van der Waals surface area contributed by atoms with Crippen LogP contribution in [0.5, 0.6) is 0 Å².